The van der Waals surface area contributed by atoms with E-state index in [1.54, 1.807) is 12.3 Å². The van der Waals surface area contributed by atoms with Crippen molar-refractivity contribution in [1.29, 1.82) is 0 Å². The molecule has 1 saturated heterocycles. The van der Waals surface area contributed by atoms with Crippen molar-refractivity contribution in [3.8, 4) is 0 Å². The minimum Gasteiger partial charge on any atom is -0.394 e. The highest BCUT2D eigenvalue weighted by molar-refractivity contribution is 5.99. The zero-order valence-corrected chi connectivity index (χ0v) is 20.4. The third-order valence-corrected chi connectivity index (χ3v) is 6.86. The summed E-state index contributed by atoms with van der Waals surface area (Å²) >= 11 is 0. The molecule has 3 aromatic carbocycles. The highest BCUT2D eigenvalue weighted by Crippen LogP contribution is 2.23. The fourth-order valence-corrected chi connectivity index (χ4v) is 4.94. The molecule has 0 saturated carbocycles. The van der Waals surface area contributed by atoms with Crippen LogP contribution in [0.1, 0.15) is 21.5 Å². The van der Waals surface area contributed by atoms with Gasteiger partial charge in [-0.3, -0.25) is 9.69 Å². The number of piperazine rings is 1. The topological polar surface area (TPSA) is 68.7 Å². The molecular weight excluding hydrogens is 448 g/mol. The number of hydrogen-bond acceptors (Lipinski definition) is 5. The van der Waals surface area contributed by atoms with Gasteiger partial charge in [-0.2, -0.15) is 0 Å². The Morgan fingerprint density at radius 3 is 2.44 bits per heavy atom. The average molecular weight is 481 g/mol. The molecule has 0 aliphatic carbocycles. The third kappa shape index (κ3) is 5.56. The van der Waals surface area contributed by atoms with Crippen LogP contribution in [0.5, 0.6) is 0 Å². The minimum atomic E-state index is -0.356. The van der Waals surface area contributed by atoms with Crippen molar-refractivity contribution in [1.82, 2.24) is 15.2 Å². The zero-order valence-electron chi connectivity index (χ0n) is 20.4. The lowest BCUT2D eigenvalue weighted by Crippen LogP contribution is -2.47. The third-order valence-electron chi connectivity index (χ3n) is 6.86. The van der Waals surface area contributed by atoms with Gasteiger partial charge in [0.15, 0.2) is 0 Å². The molecule has 6 nitrogen and oxygen atoms in total. The first-order valence-electron chi connectivity index (χ1n) is 12.6. The highest BCUT2D eigenvalue weighted by Gasteiger charge is 2.24. The summed E-state index contributed by atoms with van der Waals surface area (Å²) in [5, 5.41) is 15.4. The van der Waals surface area contributed by atoms with Gasteiger partial charge >= 0.3 is 0 Å². The van der Waals surface area contributed by atoms with Gasteiger partial charge in [-0.15, -0.1) is 0 Å². The van der Waals surface area contributed by atoms with Crippen molar-refractivity contribution in [2.75, 3.05) is 37.7 Å². The summed E-state index contributed by atoms with van der Waals surface area (Å²) in [5.41, 5.74) is 2.96. The lowest BCUT2D eigenvalue weighted by Gasteiger charge is -2.36. The fourth-order valence-electron chi connectivity index (χ4n) is 4.94. The van der Waals surface area contributed by atoms with Crippen molar-refractivity contribution in [2.24, 2.45) is 0 Å². The van der Waals surface area contributed by atoms with E-state index in [2.05, 4.69) is 62.6 Å². The maximum atomic E-state index is 13.2. The molecule has 1 aliphatic heterocycles. The van der Waals surface area contributed by atoms with Crippen LogP contribution in [-0.2, 0) is 13.0 Å². The van der Waals surface area contributed by atoms with Crippen LogP contribution in [0.15, 0.2) is 91.1 Å². The number of carbonyl (C=O) groups excluding carboxylic acids is 1. The molecule has 1 aromatic heterocycles. The lowest BCUT2D eigenvalue weighted by atomic mass is 10.0. The van der Waals surface area contributed by atoms with E-state index in [1.165, 1.54) is 16.3 Å². The van der Waals surface area contributed by atoms with E-state index >= 15 is 0 Å². The van der Waals surface area contributed by atoms with Crippen LogP contribution in [-0.4, -0.2) is 59.7 Å². The van der Waals surface area contributed by atoms with Crippen molar-refractivity contribution in [2.45, 2.75) is 19.0 Å². The summed E-state index contributed by atoms with van der Waals surface area (Å²) in [6.45, 7) is 4.18. The molecule has 1 atom stereocenters. The number of aromatic nitrogens is 1. The number of benzene rings is 3. The molecule has 36 heavy (non-hydrogen) atoms. The SMILES string of the molecule is O=C(NC(CO)Cc1ccccc1)c1cccnc1N1CCN(Cc2cccc3ccccc23)CC1. The molecule has 184 valence electrons. The Balaban J connectivity index is 1.23. The number of rotatable bonds is 8. The van der Waals surface area contributed by atoms with E-state index in [0.717, 1.165) is 38.3 Å². The number of amides is 1. The molecule has 1 aliphatic rings. The highest BCUT2D eigenvalue weighted by atomic mass is 16.3. The smallest absolute Gasteiger partial charge is 0.255 e. The van der Waals surface area contributed by atoms with Crippen LogP contribution in [0.3, 0.4) is 0 Å². The number of pyridine rings is 1. The molecule has 5 rings (SSSR count). The predicted octanol–water partition coefficient (Wildman–Crippen LogP) is 3.89. The normalized spacial score (nSPS) is 15.1. The Hall–Kier alpha value is -3.74. The Kier molecular flexibility index (Phi) is 7.55. The van der Waals surface area contributed by atoms with Crippen LogP contribution in [0.2, 0.25) is 0 Å². The largest absolute Gasteiger partial charge is 0.394 e. The molecule has 0 spiro atoms. The van der Waals surface area contributed by atoms with Gasteiger partial charge < -0.3 is 15.3 Å². The maximum Gasteiger partial charge on any atom is 0.255 e. The first kappa shape index (κ1) is 24.0. The molecule has 2 N–H and O–H groups in total. The summed E-state index contributed by atoms with van der Waals surface area (Å²) < 4.78 is 0. The number of anilines is 1. The molecule has 1 amide bonds. The van der Waals surface area contributed by atoms with Gasteiger partial charge in [0.05, 0.1) is 18.2 Å². The predicted molar refractivity (Wildman–Crippen MR) is 144 cm³/mol. The maximum absolute atomic E-state index is 13.2. The van der Waals surface area contributed by atoms with Crippen LogP contribution in [0, 0.1) is 0 Å². The Morgan fingerprint density at radius 2 is 1.64 bits per heavy atom. The van der Waals surface area contributed by atoms with Gasteiger partial charge in [-0.05, 0) is 40.5 Å². The van der Waals surface area contributed by atoms with Crippen LogP contribution < -0.4 is 10.2 Å². The van der Waals surface area contributed by atoms with Gasteiger partial charge in [0.25, 0.3) is 5.91 Å². The molecule has 0 bridgehead atoms. The number of hydrogen-bond donors (Lipinski definition) is 2. The second-order valence-electron chi connectivity index (χ2n) is 9.32. The second-order valence-corrected chi connectivity index (χ2v) is 9.32. The Labute approximate surface area is 212 Å². The van der Waals surface area contributed by atoms with Crippen molar-refractivity contribution in [3.05, 3.63) is 108 Å². The lowest BCUT2D eigenvalue weighted by molar-refractivity contribution is 0.0916. The quantitative estimate of drug-likeness (QED) is 0.401. The summed E-state index contributed by atoms with van der Waals surface area (Å²) in [6.07, 6.45) is 2.31. The molecule has 0 radical (unpaired) electrons. The minimum absolute atomic E-state index is 0.122. The second kappa shape index (κ2) is 11.3. The van der Waals surface area contributed by atoms with Crippen molar-refractivity contribution >= 4 is 22.5 Å². The number of aliphatic hydroxyl groups is 1. The molecule has 2 heterocycles. The Morgan fingerprint density at radius 1 is 0.889 bits per heavy atom. The molecule has 6 heteroatoms. The average Bonchev–Trinajstić information content (AvgIpc) is 2.94. The first-order chi connectivity index (χ1) is 17.7. The summed E-state index contributed by atoms with van der Waals surface area (Å²) in [7, 11) is 0. The van der Waals surface area contributed by atoms with Crippen LogP contribution in [0.25, 0.3) is 10.8 Å². The number of nitrogens with zero attached hydrogens (tertiary/aromatic N) is 3. The monoisotopic (exact) mass is 480 g/mol. The van der Waals surface area contributed by atoms with Crippen LogP contribution in [0.4, 0.5) is 5.82 Å². The fraction of sp³-hybridized carbons (Fsp3) is 0.267. The van der Waals surface area contributed by atoms with E-state index < -0.39 is 0 Å². The number of carbonyl (C=O) groups is 1. The van der Waals surface area contributed by atoms with Crippen LogP contribution >= 0.6 is 0 Å². The first-order valence-corrected chi connectivity index (χ1v) is 12.6. The molecular formula is C30H32N4O2. The number of aliphatic hydroxyl groups excluding tert-OH is 1. The zero-order chi connectivity index (χ0) is 24.7. The van der Waals surface area contributed by atoms with Crippen molar-refractivity contribution < 1.29 is 9.90 Å². The van der Waals surface area contributed by atoms with E-state index in [9.17, 15) is 9.90 Å². The summed E-state index contributed by atoms with van der Waals surface area (Å²) in [6, 6.07) is 28.2. The Bertz CT molecular complexity index is 1300. The van der Waals surface area contributed by atoms with E-state index in [4.69, 9.17) is 0 Å². The van der Waals surface area contributed by atoms with Gasteiger partial charge in [-0.25, -0.2) is 4.98 Å². The van der Waals surface area contributed by atoms with Crippen molar-refractivity contribution in [3.63, 3.8) is 0 Å². The van der Waals surface area contributed by atoms with E-state index in [0.29, 0.717) is 17.8 Å². The van der Waals surface area contributed by atoms with E-state index in [-0.39, 0.29) is 18.6 Å². The molecule has 1 unspecified atom stereocenters. The molecule has 1 fully saturated rings. The van der Waals surface area contributed by atoms with Gasteiger partial charge in [0, 0.05) is 38.9 Å². The summed E-state index contributed by atoms with van der Waals surface area (Å²) in [5.74, 6) is 0.502. The van der Waals surface area contributed by atoms with E-state index in [1.807, 2.05) is 36.4 Å². The molecule has 4 aromatic rings. The number of nitrogens with one attached hydrogen (secondary N) is 1. The van der Waals surface area contributed by atoms with Gasteiger partial charge in [0.2, 0.25) is 0 Å². The van der Waals surface area contributed by atoms with Gasteiger partial charge in [-0.1, -0.05) is 72.8 Å². The standard InChI is InChI=1S/C30H32N4O2/c35-22-26(20-23-8-2-1-3-9-23)32-30(36)28-14-7-15-31-29(28)34-18-16-33(17-19-34)21-25-12-6-11-24-10-4-5-13-27(24)25/h1-15,26,35H,16-22H2,(H,32,36). The summed E-state index contributed by atoms with van der Waals surface area (Å²) in [4.78, 5) is 22.4. The van der Waals surface area contributed by atoms with Gasteiger partial charge in [0.1, 0.15) is 5.82 Å². The number of fused-ring (bicyclic) bond motifs is 1.